The molecule has 0 saturated carbocycles. The number of aromatic hydroxyl groups is 1. The summed E-state index contributed by atoms with van der Waals surface area (Å²) in [6.07, 6.45) is 3.49. The van der Waals surface area contributed by atoms with E-state index in [4.69, 9.17) is 0 Å². The van der Waals surface area contributed by atoms with E-state index < -0.39 is 5.82 Å². The second kappa shape index (κ2) is 10.2. The molecule has 3 rings (SSSR count). The first-order valence-electron chi connectivity index (χ1n) is 8.70. The van der Waals surface area contributed by atoms with Crippen molar-refractivity contribution in [3.05, 3.63) is 48.0 Å². The molecule has 0 amide bonds. The summed E-state index contributed by atoms with van der Waals surface area (Å²) < 4.78 is 13.5. The Morgan fingerprint density at radius 2 is 1.93 bits per heavy atom. The Morgan fingerprint density at radius 3 is 2.56 bits per heavy atom. The van der Waals surface area contributed by atoms with Crippen LogP contribution in [0.3, 0.4) is 0 Å². The minimum atomic E-state index is -0.626. The highest BCUT2D eigenvalue weighted by Crippen LogP contribution is 2.17. The number of nitrogens with zero attached hydrogens (tertiary/aromatic N) is 5. The molecule has 7 nitrogen and oxygen atoms in total. The topological polar surface area (TPSA) is 76.9 Å². The number of piperazine rings is 1. The van der Waals surface area contributed by atoms with Gasteiger partial charge in [0.2, 0.25) is 5.95 Å². The van der Waals surface area contributed by atoms with Crippen LogP contribution in [0.5, 0.6) is 5.75 Å². The number of phenolic OH excluding ortho intramolecular Hbond substituents is 1. The number of hydrogen-bond donors (Lipinski definition) is 2. The van der Waals surface area contributed by atoms with E-state index in [0.717, 1.165) is 44.6 Å². The van der Waals surface area contributed by atoms with Crippen LogP contribution in [0.1, 0.15) is 12.5 Å². The first-order chi connectivity index (χ1) is 12.7. The molecule has 0 aliphatic carbocycles. The molecular formula is C18H24FIN6O. The number of anilines is 1. The number of hydrogen-bond acceptors (Lipinski definition) is 5. The van der Waals surface area contributed by atoms with Gasteiger partial charge in [0.25, 0.3) is 0 Å². The maximum Gasteiger partial charge on any atom is 0.225 e. The molecule has 2 aromatic rings. The second-order valence-corrected chi connectivity index (χ2v) is 5.98. The summed E-state index contributed by atoms with van der Waals surface area (Å²) in [5.41, 5.74) is 0.715. The molecule has 0 atom stereocenters. The summed E-state index contributed by atoms with van der Waals surface area (Å²) in [6, 6.07) is 6.15. The van der Waals surface area contributed by atoms with E-state index in [1.54, 1.807) is 18.5 Å². The van der Waals surface area contributed by atoms with E-state index in [9.17, 15) is 9.50 Å². The zero-order valence-electron chi connectivity index (χ0n) is 15.2. The van der Waals surface area contributed by atoms with Crippen molar-refractivity contribution in [2.75, 3.05) is 37.6 Å². The van der Waals surface area contributed by atoms with Gasteiger partial charge in [-0.1, -0.05) is 6.07 Å². The third-order valence-electron chi connectivity index (χ3n) is 4.17. The number of benzene rings is 1. The average Bonchev–Trinajstić information content (AvgIpc) is 2.68. The number of halogens is 2. The highest BCUT2D eigenvalue weighted by Gasteiger charge is 2.21. The van der Waals surface area contributed by atoms with Crippen LogP contribution in [-0.2, 0) is 6.54 Å². The second-order valence-electron chi connectivity index (χ2n) is 5.98. The van der Waals surface area contributed by atoms with Crippen molar-refractivity contribution in [2.45, 2.75) is 13.5 Å². The van der Waals surface area contributed by atoms with Crippen LogP contribution in [0.2, 0.25) is 0 Å². The first kappa shape index (κ1) is 21.1. The Labute approximate surface area is 175 Å². The summed E-state index contributed by atoms with van der Waals surface area (Å²) in [7, 11) is 0. The molecule has 0 unspecified atom stereocenters. The van der Waals surface area contributed by atoms with Gasteiger partial charge in [-0.05, 0) is 30.7 Å². The molecule has 0 bridgehead atoms. The zero-order chi connectivity index (χ0) is 18.4. The van der Waals surface area contributed by atoms with Crippen molar-refractivity contribution in [3.8, 4) is 5.75 Å². The molecule has 2 heterocycles. The van der Waals surface area contributed by atoms with E-state index in [0.29, 0.717) is 12.1 Å². The summed E-state index contributed by atoms with van der Waals surface area (Å²) in [6.45, 7) is 6.34. The summed E-state index contributed by atoms with van der Waals surface area (Å²) in [5.74, 6) is 0.575. The monoisotopic (exact) mass is 486 g/mol. The maximum absolute atomic E-state index is 13.5. The molecule has 1 aromatic heterocycles. The molecule has 1 aliphatic rings. The van der Waals surface area contributed by atoms with E-state index in [1.807, 2.05) is 13.0 Å². The quantitative estimate of drug-likeness (QED) is 0.392. The van der Waals surface area contributed by atoms with Crippen molar-refractivity contribution in [1.29, 1.82) is 0 Å². The van der Waals surface area contributed by atoms with Crippen LogP contribution < -0.4 is 10.2 Å². The van der Waals surface area contributed by atoms with Gasteiger partial charge in [0.05, 0.1) is 6.54 Å². The Bertz CT molecular complexity index is 753. The molecule has 27 heavy (non-hydrogen) atoms. The van der Waals surface area contributed by atoms with E-state index >= 15 is 0 Å². The smallest absolute Gasteiger partial charge is 0.225 e. The molecule has 0 spiro atoms. The molecule has 146 valence electrons. The standard InChI is InChI=1S/C18H23FN6O.HI/c1-2-20-17(23-13-14-4-5-16(26)15(19)12-14)24-8-10-25(11-9-24)18-21-6-3-7-22-18;/h3-7,12,26H,2,8-11,13H2,1H3,(H,20,23);1H. The highest BCUT2D eigenvalue weighted by molar-refractivity contribution is 14.0. The zero-order valence-corrected chi connectivity index (χ0v) is 17.5. The Kier molecular flexibility index (Phi) is 8.01. The molecule has 2 N–H and O–H groups in total. The van der Waals surface area contributed by atoms with Crippen molar-refractivity contribution in [3.63, 3.8) is 0 Å². The van der Waals surface area contributed by atoms with Crippen molar-refractivity contribution >= 4 is 35.9 Å². The van der Waals surface area contributed by atoms with Gasteiger partial charge in [-0.25, -0.2) is 19.4 Å². The molecule has 1 fully saturated rings. The highest BCUT2D eigenvalue weighted by atomic mass is 127. The lowest BCUT2D eigenvalue weighted by Crippen LogP contribution is -2.52. The summed E-state index contributed by atoms with van der Waals surface area (Å²) in [5, 5.41) is 12.6. The minimum absolute atomic E-state index is 0. The molecule has 9 heteroatoms. The fourth-order valence-corrected chi connectivity index (χ4v) is 2.81. The number of guanidine groups is 1. The van der Waals surface area contributed by atoms with Gasteiger partial charge in [0, 0.05) is 45.1 Å². The van der Waals surface area contributed by atoms with Crippen LogP contribution in [-0.4, -0.2) is 58.7 Å². The molecular weight excluding hydrogens is 462 g/mol. The number of nitrogens with one attached hydrogen (secondary N) is 1. The summed E-state index contributed by atoms with van der Waals surface area (Å²) in [4.78, 5) is 17.5. The fraction of sp³-hybridized carbons (Fsp3) is 0.389. The van der Waals surface area contributed by atoms with Gasteiger partial charge in [-0.15, -0.1) is 24.0 Å². The third kappa shape index (κ3) is 5.65. The molecule has 1 saturated heterocycles. The predicted octanol–water partition coefficient (Wildman–Crippen LogP) is 2.23. The number of phenols is 1. The molecule has 1 aromatic carbocycles. The first-order valence-corrected chi connectivity index (χ1v) is 8.70. The minimum Gasteiger partial charge on any atom is -0.505 e. The van der Waals surface area contributed by atoms with Crippen LogP contribution >= 0.6 is 24.0 Å². The number of aromatic nitrogens is 2. The van der Waals surface area contributed by atoms with Gasteiger partial charge in [0.15, 0.2) is 17.5 Å². The average molecular weight is 486 g/mol. The summed E-state index contributed by atoms with van der Waals surface area (Å²) >= 11 is 0. The Hall–Kier alpha value is -2.17. The van der Waals surface area contributed by atoms with Crippen LogP contribution in [0, 0.1) is 5.82 Å². The third-order valence-corrected chi connectivity index (χ3v) is 4.17. The van der Waals surface area contributed by atoms with Gasteiger partial charge in [0.1, 0.15) is 0 Å². The van der Waals surface area contributed by atoms with Gasteiger partial charge in [-0.3, -0.25) is 0 Å². The van der Waals surface area contributed by atoms with E-state index in [2.05, 4.69) is 30.1 Å². The van der Waals surface area contributed by atoms with Crippen molar-refractivity contribution in [1.82, 2.24) is 20.2 Å². The van der Waals surface area contributed by atoms with Gasteiger partial charge < -0.3 is 20.2 Å². The van der Waals surface area contributed by atoms with Crippen molar-refractivity contribution in [2.24, 2.45) is 4.99 Å². The van der Waals surface area contributed by atoms with Gasteiger partial charge in [-0.2, -0.15) is 0 Å². The number of aliphatic imine (C=N–C) groups is 1. The normalized spacial score (nSPS) is 14.7. The Morgan fingerprint density at radius 1 is 1.22 bits per heavy atom. The Balaban J connectivity index is 0.00000261. The number of rotatable bonds is 4. The van der Waals surface area contributed by atoms with Crippen LogP contribution in [0.15, 0.2) is 41.7 Å². The van der Waals surface area contributed by atoms with Crippen molar-refractivity contribution < 1.29 is 9.50 Å². The maximum atomic E-state index is 13.5. The lowest BCUT2D eigenvalue weighted by molar-refractivity contribution is 0.370. The molecule has 0 radical (unpaired) electrons. The molecule has 1 aliphatic heterocycles. The lowest BCUT2D eigenvalue weighted by atomic mass is 10.2. The van der Waals surface area contributed by atoms with Crippen LogP contribution in [0.4, 0.5) is 10.3 Å². The predicted molar refractivity (Wildman–Crippen MR) is 114 cm³/mol. The van der Waals surface area contributed by atoms with Gasteiger partial charge >= 0.3 is 0 Å². The van der Waals surface area contributed by atoms with E-state index in [-0.39, 0.29) is 29.7 Å². The lowest BCUT2D eigenvalue weighted by Gasteiger charge is -2.36. The fourth-order valence-electron chi connectivity index (χ4n) is 2.81. The largest absolute Gasteiger partial charge is 0.505 e. The van der Waals surface area contributed by atoms with E-state index in [1.165, 1.54) is 12.1 Å². The SMILES string of the molecule is CCNC(=NCc1ccc(O)c(F)c1)N1CCN(c2ncccn2)CC1.I. The van der Waals surface area contributed by atoms with Crippen LogP contribution in [0.25, 0.3) is 0 Å².